The normalized spacial score (nSPS) is 29.1. The number of hydrogen-bond acceptors (Lipinski definition) is 4. The van der Waals surface area contributed by atoms with Gasteiger partial charge >= 0.3 is 0 Å². The predicted molar refractivity (Wildman–Crippen MR) is 88.8 cm³/mol. The topological polar surface area (TPSA) is 27.7 Å². The van der Waals surface area contributed by atoms with Crippen molar-refractivity contribution in [2.45, 2.75) is 45.1 Å². The fraction of sp³-hybridized carbons (Fsp3) is 1.00. The molecule has 2 fully saturated rings. The van der Waals surface area contributed by atoms with Crippen molar-refractivity contribution in [3.8, 4) is 0 Å². The first-order valence-electron chi connectivity index (χ1n) is 8.82. The van der Waals surface area contributed by atoms with Crippen molar-refractivity contribution < 1.29 is 4.74 Å². The van der Waals surface area contributed by atoms with Gasteiger partial charge in [0.05, 0.1) is 6.61 Å². The largest absolute Gasteiger partial charge is 0.381 e. The molecular formula is C17H35N3O. The average Bonchev–Trinajstić information content (AvgIpc) is 2.49. The van der Waals surface area contributed by atoms with Gasteiger partial charge in [0.2, 0.25) is 0 Å². The van der Waals surface area contributed by atoms with Crippen LogP contribution >= 0.6 is 0 Å². The van der Waals surface area contributed by atoms with Gasteiger partial charge in [-0.25, -0.2) is 0 Å². The Kier molecular flexibility index (Phi) is 6.93. The third-order valence-electron chi connectivity index (χ3n) is 5.18. The van der Waals surface area contributed by atoms with Crippen LogP contribution in [0.2, 0.25) is 0 Å². The van der Waals surface area contributed by atoms with E-state index in [0.29, 0.717) is 5.41 Å². The lowest BCUT2D eigenvalue weighted by Crippen LogP contribution is -2.52. The molecule has 2 saturated heterocycles. The lowest BCUT2D eigenvalue weighted by molar-refractivity contribution is -0.0314. The second-order valence-electron chi connectivity index (χ2n) is 7.30. The summed E-state index contributed by atoms with van der Waals surface area (Å²) in [7, 11) is 4.43. The molecule has 0 bridgehead atoms. The molecule has 0 aromatic rings. The number of likely N-dealkylation sites (tertiary alicyclic amines) is 1. The molecule has 0 spiro atoms. The van der Waals surface area contributed by atoms with E-state index >= 15 is 0 Å². The fourth-order valence-corrected chi connectivity index (χ4v) is 3.83. The smallest absolute Gasteiger partial charge is 0.0546 e. The highest BCUT2D eigenvalue weighted by atomic mass is 16.5. The maximum absolute atomic E-state index is 5.84. The maximum atomic E-state index is 5.84. The molecule has 0 amide bonds. The van der Waals surface area contributed by atoms with E-state index in [1.807, 2.05) is 0 Å². The number of nitrogens with one attached hydrogen (secondary N) is 1. The number of hydrogen-bond donors (Lipinski definition) is 1. The van der Waals surface area contributed by atoms with Gasteiger partial charge in [-0.1, -0.05) is 6.92 Å². The molecule has 2 rings (SSSR count). The van der Waals surface area contributed by atoms with E-state index in [1.165, 1.54) is 51.7 Å². The van der Waals surface area contributed by atoms with Crippen LogP contribution in [0.5, 0.6) is 0 Å². The van der Waals surface area contributed by atoms with Gasteiger partial charge in [-0.2, -0.15) is 0 Å². The molecule has 0 saturated carbocycles. The Balaban J connectivity index is 1.84. The molecule has 0 aromatic heterocycles. The Morgan fingerprint density at radius 3 is 2.62 bits per heavy atom. The summed E-state index contributed by atoms with van der Waals surface area (Å²) in [6.07, 6.45) is 6.38. The van der Waals surface area contributed by atoms with Crippen LogP contribution < -0.4 is 5.32 Å². The summed E-state index contributed by atoms with van der Waals surface area (Å²) in [4.78, 5) is 5.07. The van der Waals surface area contributed by atoms with Crippen LogP contribution in [0, 0.1) is 5.41 Å². The number of nitrogens with zero attached hydrogens (tertiary/aromatic N) is 2. The van der Waals surface area contributed by atoms with Crippen LogP contribution in [-0.4, -0.2) is 75.9 Å². The Hall–Kier alpha value is -0.160. The summed E-state index contributed by atoms with van der Waals surface area (Å²) >= 11 is 0. The minimum absolute atomic E-state index is 0.346. The summed E-state index contributed by atoms with van der Waals surface area (Å²) in [6.45, 7) is 10.1. The highest BCUT2D eigenvalue weighted by molar-refractivity contribution is 4.89. The van der Waals surface area contributed by atoms with Gasteiger partial charge in [-0.15, -0.1) is 0 Å². The molecule has 0 aliphatic carbocycles. The molecule has 4 heteroatoms. The van der Waals surface area contributed by atoms with Crippen molar-refractivity contribution in [3.05, 3.63) is 0 Å². The summed E-state index contributed by atoms with van der Waals surface area (Å²) in [5.74, 6) is 0. The van der Waals surface area contributed by atoms with Crippen LogP contribution in [0.4, 0.5) is 0 Å². The second-order valence-corrected chi connectivity index (χ2v) is 7.30. The van der Waals surface area contributed by atoms with Crippen LogP contribution in [0.3, 0.4) is 0 Å². The molecule has 124 valence electrons. The molecule has 2 heterocycles. The predicted octanol–water partition coefficient (Wildman–Crippen LogP) is 1.81. The monoisotopic (exact) mass is 297 g/mol. The Morgan fingerprint density at radius 1 is 1.29 bits per heavy atom. The zero-order chi connectivity index (χ0) is 15.1. The van der Waals surface area contributed by atoms with Crippen LogP contribution in [0.25, 0.3) is 0 Å². The highest BCUT2D eigenvalue weighted by Gasteiger charge is 2.35. The molecule has 0 radical (unpaired) electrons. The molecular weight excluding hydrogens is 262 g/mol. The van der Waals surface area contributed by atoms with E-state index in [0.717, 1.165) is 32.3 Å². The van der Waals surface area contributed by atoms with Crippen LogP contribution in [0.15, 0.2) is 0 Å². The first-order valence-corrected chi connectivity index (χ1v) is 8.82. The van der Waals surface area contributed by atoms with Crippen molar-refractivity contribution in [2.24, 2.45) is 5.41 Å². The van der Waals surface area contributed by atoms with E-state index in [1.54, 1.807) is 0 Å². The SMILES string of the molecule is CCCNCC1(CN2CCC(N(C)C)CC2)CCCOC1. The van der Waals surface area contributed by atoms with Crippen LogP contribution in [0.1, 0.15) is 39.0 Å². The van der Waals surface area contributed by atoms with Gasteiger partial charge in [0, 0.05) is 31.2 Å². The summed E-state index contributed by atoms with van der Waals surface area (Å²) < 4.78 is 5.84. The quantitative estimate of drug-likeness (QED) is 0.725. The van der Waals surface area contributed by atoms with Gasteiger partial charge < -0.3 is 19.9 Å². The second kappa shape index (κ2) is 8.47. The van der Waals surface area contributed by atoms with Crippen molar-refractivity contribution in [3.63, 3.8) is 0 Å². The Bertz CT molecular complexity index is 282. The average molecular weight is 297 g/mol. The van der Waals surface area contributed by atoms with Crippen molar-refractivity contribution in [1.82, 2.24) is 15.1 Å². The Labute approximate surface area is 131 Å². The highest BCUT2D eigenvalue weighted by Crippen LogP contribution is 2.30. The van der Waals surface area contributed by atoms with E-state index in [9.17, 15) is 0 Å². The van der Waals surface area contributed by atoms with Gasteiger partial charge in [0.15, 0.2) is 0 Å². The van der Waals surface area contributed by atoms with E-state index < -0.39 is 0 Å². The molecule has 2 aliphatic rings. The lowest BCUT2D eigenvalue weighted by Gasteiger charge is -2.43. The first-order chi connectivity index (χ1) is 10.2. The molecule has 21 heavy (non-hydrogen) atoms. The van der Waals surface area contributed by atoms with Gasteiger partial charge in [-0.05, 0) is 65.8 Å². The molecule has 4 nitrogen and oxygen atoms in total. The fourth-order valence-electron chi connectivity index (χ4n) is 3.83. The summed E-state index contributed by atoms with van der Waals surface area (Å²) in [6, 6.07) is 0.776. The van der Waals surface area contributed by atoms with E-state index in [2.05, 4.69) is 36.1 Å². The van der Waals surface area contributed by atoms with Gasteiger partial charge in [0.1, 0.15) is 0 Å². The van der Waals surface area contributed by atoms with Crippen molar-refractivity contribution in [2.75, 3.05) is 60.0 Å². The van der Waals surface area contributed by atoms with Gasteiger partial charge in [-0.3, -0.25) is 0 Å². The minimum Gasteiger partial charge on any atom is -0.381 e. The molecule has 0 aromatic carbocycles. The molecule has 1 unspecified atom stereocenters. The number of rotatable bonds is 7. The maximum Gasteiger partial charge on any atom is 0.0546 e. The minimum atomic E-state index is 0.346. The zero-order valence-electron chi connectivity index (χ0n) is 14.4. The number of ether oxygens (including phenoxy) is 1. The van der Waals surface area contributed by atoms with Gasteiger partial charge in [0.25, 0.3) is 0 Å². The Morgan fingerprint density at radius 2 is 2.05 bits per heavy atom. The third kappa shape index (κ3) is 5.20. The van der Waals surface area contributed by atoms with Crippen molar-refractivity contribution >= 4 is 0 Å². The number of piperidine rings is 1. The summed E-state index contributed by atoms with van der Waals surface area (Å²) in [5.41, 5.74) is 0.346. The molecule has 1 N–H and O–H groups in total. The summed E-state index contributed by atoms with van der Waals surface area (Å²) in [5, 5.41) is 3.65. The lowest BCUT2D eigenvalue weighted by atomic mass is 9.81. The van der Waals surface area contributed by atoms with Crippen LogP contribution in [-0.2, 0) is 4.74 Å². The molecule has 2 aliphatic heterocycles. The zero-order valence-corrected chi connectivity index (χ0v) is 14.4. The molecule has 1 atom stereocenters. The first kappa shape index (κ1) is 17.2. The van der Waals surface area contributed by atoms with Crippen molar-refractivity contribution in [1.29, 1.82) is 0 Å². The standard InChI is InChI=1S/C17H35N3O/c1-4-9-18-13-17(8-5-12-21-15-17)14-20-10-6-16(7-11-20)19(2)3/h16,18H,4-15H2,1-3H3. The third-order valence-corrected chi connectivity index (χ3v) is 5.18. The van der Waals surface area contributed by atoms with E-state index in [-0.39, 0.29) is 0 Å². The van der Waals surface area contributed by atoms with E-state index in [4.69, 9.17) is 4.74 Å².